The number of piperidine rings is 2. The number of rotatable bonds is 4. The Kier molecular flexibility index (Phi) is 4.63. The van der Waals surface area contributed by atoms with Gasteiger partial charge in [-0.25, -0.2) is 4.68 Å². The molecule has 0 amide bonds. The summed E-state index contributed by atoms with van der Waals surface area (Å²) in [6.45, 7) is 0. The van der Waals surface area contributed by atoms with Crippen molar-refractivity contribution in [3.05, 3.63) is 42.7 Å². The molecule has 4 heterocycles. The summed E-state index contributed by atoms with van der Waals surface area (Å²) in [4.78, 5) is 2.26. The summed E-state index contributed by atoms with van der Waals surface area (Å²) >= 11 is 0. The minimum Gasteiger partial charge on any atom is -0.507 e. The molecule has 2 atom stereocenters. The van der Waals surface area contributed by atoms with Crippen LogP contribution in [0.15, 0.2) is 42.7 Å². The Bertz CT molecular complexity index is 961. The van der Waals surface area contributed by atoms with Crippen LogP contribution in [0, 0.1) is 0 Å². The molecule has 3 aromatic rings. The first kappa shape index (κ1) is 18.1. The summed E-state index contributed by atoms with van der Waals surface area (Å²) in [7, 11) is 2.11. The summed E-state index contributed by atoms with van der Waals surface area (Å²) < 4.78 is 1.60. The summed E-state index contributed by atoms with van der Waals surface area (Å²) in [5, 5.41) is 30.8. The highest BCUT2D eigenvalue weighted by atomic mass is 16.3. The highest BCUT2D eigenvalue weighted by Gasteiger charge is 2.33. The van der Waals surface area contributed by atoms with Crippen molar-refractivity contribution in [1.82, 2.24) is 30.5 Å². The predicted molar refractivity (Wildman–Crippen MR) is 110 cm³/mol. The number of anilines is 1. The number of aromatic nitrogens is 5. The Balaban J connectivity index is 1.33. The third kappa shape index (κ3) is 3.55. The van der Waals surface area contributed by atoms with Crippen molar-refractivity contribution in [3.8, 4) is 22.7 Å². The van der Waals surface area contributed by atoms with Crippen LogP contribution >= 0.6 is 0 Å². The number of benzene rings is 1. The van der Waals surface area contributed by atoms with Crippen LogP contribution in [0.3, 0.4) is 0 Å². The minimum absolute atomic E-state index is 0.139. The molecule has 2 aliphatic heterocycles. The lowest BCUT2D eigenvalue weighted by molar-refractivity contribution is 0.219. The van der Waals surface area contributed by atoms with Crippen LogP contribution in [-0.4, -0.2) is 55.5 Å². The molecule has 29 heavy (non-hydrogen) atoms. The summed E-state index contributed by atoms with van der Waals surface area (Å²) in [6.07, 6.45) is 9.52. The van der Waals surface area contributed by atoms with Gasteiger partial charge in [-0.1, -0.05) is 11.6 Å². The minimum atomic E-state index is 0.139. The lowest BCUT2D eigenvalue weighted by Gasteiger charge is -2.43. The zero-order valence-electron chi connectivity index (χ0n) is 16.4. The third-order valence-corrected chi connectivity index (χ3v) is 6.19. The molecule has 8 heteroatoms. The Morgan fingerprint density at radius 3 is 2.59 bits per heavy atom. The second-order valence-corrected chi connectivity index (χ2v) is 8.05. The quantitative estimate of drug-likeness (QED) is 0.706. The standard InChI is InChI=1S/C21H25N7O/c1-27(17-11-14-3-2-4-15(12-17)23-14)21-8-7-19(24-25-21)18-6-5-16(13-20(18)29)28-10-9-22-26-28/h5-10,13-15,17,23,29H,2-4,11-12H2,1H3/t14-,15-/m1/s1. The van der Waals surface area contributed by atoms with Crippen molar-refractivity contribution in [3.63, 3.8) is 0 Å². The van der Waals surface area contributed by atoms with Gasteiger partial charge in [-0.2, -0.15) is 0 Å². The van der Waals surface area contributed by atoms with Gasteiger partial charge in [0, 0.05) is 36.8 Å². The molecule has 2 N–H and O–H groups in total. The van der Waals surface area contributed by atoms with Crippen LogP contribution in [0.5, 0.6) is 5.75 Å². The SMILES string of the molecule is CN(c1ccc(-c2ccc(-n3ccnn3)cc2O)nn1)C1C[C@H]2CCC[C@H](C1)N2. The van der Waals surface area contributed by atoms with Crippen LogP contribution in [0.4, 0.5) is 5.82 Å². The van der Waals surface area contributed by atoms with E-state index in [2.05, 4.69) is 37.8 Å². The molecule has 0 unspecified atom stereocenters. The average molecular weight is 391 g/mol. The van der Waals surface area contributed by atoms with E-state index in [9.17, 15) is 5.11 Å². The van der Waals surface area contributed by atoms with Crippen LogP contribution in [0.1, 0.15) is 32.1 Å². The molecule has 2 bridgehead atoms. The molecular formula is C21H25N7O. The van der Waals surface area contributed by atoms with E-state index in [4.69, 9.17) is 0 Å². The van der Waals surface area contributed by atoms with E-state index >= 15 is 0 Å². The largest absolute Gasteiger partial charge is 0.507 e. The maximum absolute atomic E-state index is 10.5. The first-order chi connectivity index (χ1) is 14.2. The van der Waals surface area contributed by atoms with E-state index in [0.29, 0.717) is 29.4 Å². The van der Waals surface area contributed by atoms with Gasteiger partial charge < -0.3 is 15.3 Å². The third-order valence-electron chi connectivity index (χ3n) is 6.19. The summed E-state index contributed by atoms with van der Waals surface area (Å²) in [5.41, 5.74) is 2.03. The summed E-state index contributed by atoms with van der Waals surface area (Å²) in [5.74, 6) is 1.01. The molecule has 150 valence electrons. The van der Waals surface area contributed by atoms with E-state index in [1.807, 2.05) is 24.3 Å². The Morgan fingerprint density at radius 2 is 1.93 bits per heavy atom. The molecule has 2 saturated heterocycles. The molecule has 2 aromatic heterocycles. The Labute approximate surface area is 169 Å². The highest BCUT2D eigenvalue weighted by Crippen LogP contribution is 2.32. The molecule has 0 aliphatic carbocycles. The number of aromatic hydroxyl groups is 1. The molecule has 5 rings (SSSR count). The van der Waals surface area contributed by atoms with Crippen LogP contribution < -0.4 is 10.2 Å². The normalized spacial score (nSPS) is 23.7. The zero-order chi connectivity index (χ0) is 19.8. The fourth-order valence-electron chi connectivity index (χ4n) is 4.62. The van der Waals surface area contributed by atoms with Gasteiger partial charge in [0.1, 0.15) is 5.75 Å². The van der Waals surface area contributed by atoms with Crippen LogP contribution in [0.25, 0.3) is 16.9 Å². The number of phenolic OH excluding ortho intramolecular Hbond substituents is 1. The first-order valence-corrected chi connectivity index (χ1v) is 10.2. The Hall–Kier alpha value is -3.00. The second kappa shape index (κ2) is 7.44. The average Bonchev–Trinajstić information content (AvgIpc) is 3.28. The maximum atomic E-state index is 10.5. The molecule has 8 nitrogen and oxygen atoms in total. The molecular weight excluding hydrogens is 366 g/mol. The van der Waals surface area contributed by atoms with Crippen molar-refractivity contribution < 1.29 is 5.11 Å². The van der Waals surface area contributed by atoms with Crippen molar-refractivity contribution in [1.29, 1.82) is 0 Å². The first-order valence-electron chi connectivity index (χ1n) is 10.2. The second-order valence-electron chi connectivity index (χ2n) is 8.05. The molecule has 0 spiro atoms. The van der Waals surface area contributed by atoms with E-state index in [0.717, 1.165) is 24.3 Å². The van der Waals surface area contributed by atoms with Gasteiger partial charge in [-0.3, -0.25) is 0 Å². The Morgan fingerprint density at radius 1 is 1.10 bits per heavy atom. The number of fused-ring (bicyclic) bond motifs is 2. The number of nitrogens with zero attached hydrogens (tertiary/aromatic N) is 6. The fourth-order valence-corrected chi connectivity index (χ4v) is 4.62. The lowest BCUT2D eigenvalue weighted by atomic mass is 9.83. The zero-order valence-corrected chi connectivity index (χ0v) is 16.4. The van der Waals surface area contributed by atoms with Gasteiger partial charge in [0.2, 0.25) is 0 Å². The molecule has 0 radical (unpaired) electrons. The summed E-state index contributed by atoms with van der Waals surface area (Å²) in [6, 6.07) is 11.0. The van der Waals surface area contributed by atoms with E-state index in [-0.39, 0.29) is 5.75 Å². The van der Waals surface area contributed by atoms with Gasteiger partial charge in [-0.15, -0.1) is 15.3 Å². The monoisotopic (exact) mass is 391 g/mol. The van der Waals surface area contributed by atoms with Crippen LogP contribution in [-0.2, 0) is 0 Å². The van der Waals surface area contributed by atoms with Gasteiger partial charge in [0.05, 0.1) is 23.8 Å². The van der Waals surface area contributed by atoms with Crippen molar-refractivity contribution in [2.45, 2.75) is 50.2 Å². The highest BCUT2D eigenvalue weighted by molar-refractivity contribution is 5.68. The van der Waals surface area contributed by atoms with Gasteiger partial charge >= 0.3 is 0 Å². The van der Waals surface area contributed by atoms with Crippen molar-refractivity contribution >= 4 is 5.82 Å². The van der Waals surface area contributed by atoms with Gasteiger partial charge in [0.25, 0.3) is 0 Å². The topological polar surface area (TPSA) is 92.0 Å². The number of phenols is 1. The molecule has 2 fully saturated rings. The van der Waals surface area contributed by atoms with E-state index < -0.39 is 0 Å². The van der Waals surface area contributed by atoms with Crippen LogP contribution in [0.2, 0.25) is 0 Å². The predicted octanol–water partition coefficient (Wildman–Crippen LogP) is 2.54. The van der Waals surface area contributed by atoms with Gasteiger partial charge in [0.15, 0.2) is 5.82 Å². The fraction of sp³-hybridized carbons (Fsp3) is 0.429. The number of hydrogen-bond donors (Lipinski definition) is 2. The van der Waals surface area contributed by atoms with Crippen molar-refractivity contribution in [2.75, 3.05) is 11.9 Å². The van der Waals surface area contributed by atoms with E-state index in [1.54, 1.807) is 23.1 Å². The van der Waals surface area contributed by atoms with E-state index in [1.165, 1.54) is 19.3 Å². The lowest BCUT2D eigenvalue weighted by Crippen LogP contribution is -2.54. The smallest absolute Gasteiger partial charge is 0.151 e. The molecule has 2 aliphatic rings. The maximum Gasteiger partial charge on any atom is 0.151 e. The number of hydrogen-bond acceptors (Lipinski definition) is 7. The van der Waals surface area contributed by atoms with Crippen molar-refractivity contribution in [2.24, 2.45) is 0 Å². The molecule has 1 aromatic carbocycles. The number of nitrogens with one attached hydrogen (secondary N) is 1. The molecule has 0 saturated carbocycles. The van der Waals surface area contributed by atoms with Gasteiger partial charge in [-0.05, 0) is 49.9 Å².